The van der Waals surface area contributed by atoms with Gasteiger partial charge in [-0.3, -0.25) is 14.7 Å². The summed E-state index contributed by atoms with van der Waals surface area (Å²) in [6, 6.07) is 0. The Labute approximate surface area is 163 Å². The first-order valence-electron chi connectivity index (χ1n) is 10.0. The minimum absolute atomic E-state index is 0.158. The van der Waals surface area contributed by atoms with Gasteiger partial charge in [-0.2, -0.15) is 11.8 Å². The van der Waals surface area contributed by atoms with Gasteiger partial charge in [-0.15, -0.1) is 0 Å². The Kier molecular flexibility index (Phi) is 8.54. The molecule has 0 bridgehead atoms. The van der Waals surface area contributed by atoms with Gasteiger partial charge in [0, 0.05) is 56.5 Å². The van der Waals surface area contributed by atoms with Crippen LogP contribution in [0.25, 0.3) is 0 Å². The molecule has 7 heteroatoms. The molecule has 2 fully saturated rings. The smallest absolute Gasteiger partial charge is 0.225 e. The molecule has 2 rings (SSSR count). The zero-order valence-corrected chi connectivity index (χ0v) is 17.8. The number of nitrogens with zero attached hydrogens (tertiary/aromatic N) is 3. The molecule has 2 aliphatic rings. The lowest BCUT2D eigenvalue weighted by Gasteiger charge is -2.38. The molecule has 2 N–H and O–H groups in total. The highest BCUT2D eigenvalue weighted by atomic mass is 32.2. The molecule has 1 heterocycles. The van der Waals surface area contributed by atoms with Crippen LogP contribution in [0.15, 0.2) is 4.99 Å². The lowest BCUT2D eigenvalue weighted by molar-refractivity contribution is -0.139. The summed E-state index contributed by atoms with van der Waals surface area (Å²) in [4.78, 5) is 21.5. The van der Waals surface area contributed by atoms with Crippen molar-refractivity contribution >= 4 is 23.6 Å². The van der Waals surface area contributed by atoms with E-state index in [2.05, 4.69) is 47.5 Å². The zero-order valence-electron chi connectivity index (χ0n) is 17.0. The quantitative estimate of drug-likeness (QED) is 0.493. The maximum atomic E-state index is 12.3. The van der Waals surface area contributed by atoms with Gasteiger partial charge < -0.3 is 15.5 Å². The average molecular weight is 384 g/mol. The van der Waals surface area contributed by atoms with Gasteiger partial charge in [-0.25, -0.2) is 0 Å². The molecule has 1 aliphatic heterocycles. The van der Waals surface area contributed by atoms with Crippen molar-refractivity contribution in [3.63, 3.8) is 0 Å². The Morgan fingerprint density at radius 2 is 1.88 bits per heavy atom. The highest BCUT2D eigenvalue weighted by Gasteiger charge is 2.31. The summed E-state index contributed by atoms with van der Waals surface area (Å²) in [6.07, 6.45) is 5.56. The summed E-state index contributed by atoms with van der Waals surface area (Å²) >= 11 is 1.84. The van der Waals surface area contributed by atoms with E-state index in [-0.39, 0.29) is 4.75 Å². The van der Waals surface area contributed by atoms with Gasteiger partial charge in [-0.05, 0) is 39.9 Å². The lowest BCUT2D eigenvalue weighted by Crippen LogP contribution is -2.52. The third-order valence-electron chi connectivity index (χ3n) is 5.37. The number of aliphatic imine (C=N–C) groups is 1. The van der Waals surface area contributed by atoms with Crippen LogP contribution in [0.5, 0.6) is 0 Å². The maximum absolute atomic E-state index is 12.3. The number of hydrogen-bond donors (Lipinski definition) is 2. The molecule has 150 valence electrons. The molecule has 0 radical (unpaired) electrons. The van der Waals surface area contributed by atoms with Gasteiger partial charge in [0.25, 0.3) is 0 Å². The van der Waals surface area contributed by atoms with Crippen LogP contribution in [0.1, 0.15) is 40.0 Å². The van der Waals surface area contributed by atoms with E-state index in [1.54, 1.807) is 0 Å². The standard InChI is InChI=1S/C19H37N5OS/c1-5-20-18(22-15-19(2,3)26-4)21-9-10-23-11-13-24(14-12-23)17(25)16-7-6-8-16/h16H,5-15H2,1-4H3,(H2,20,21,22). The Morgan fingerprint density at radius 1 is 1.19 bits per heavy atom. The van der Waals surface area contributed by atoms with Crippen LogP contribution in [-0.2, 0) is 4.79 Å². The summed E-state index contributed by atoms with van der Waals surface area (Å²) in [7, 11) is 0. The van der Waals surface area contributed by atoms with E-state index in [1.165, 1.54) is 6.42 Å². The van der Waals surface area contributed by atoms with Gasteiger partial charge in [0.15, 0.2) is 5.96 Å². The number of piperazine rings is 1. The fraction of sp³-hybridized carbons (Fsp3) is 0.895. The molecule has 0 spiro atoms. The number of guanidine groups is 1. The second kappa shape index (κ2) is 10.4. The topological polar surface area (TPSA) is 60.0 Å². The zero-order chi connectivity index (χ0) is 19.0. The molecule has 1 saturated heterocycles. The number of rotatable bonds is 8. The molecule has 26 heavy (non-hydrogen) atoms. The molecular weight excluding hydrogens is 346 g/mol. The van der Waals surface area contributed by atoms with E-state index in [1.807, 2.05) is 11.8 Å². The molecular formula is C19H37N5OS. The molecule has 0 atom stereocenters. The summed E-state index contributed by atoms with van der Waals surface area (Å²) in [5.41, 5.74) is 0. The molecule has 0 unspecified atom stereocenters. The third kappa shape index (κ3) is 6.65. The molecule has 1 amide bonds. The second-order valence-electron chi connectivity index (χ2n) is 7.88. The third-order valence-corrected chi connectivity index (χ3v) is 6.61. The van der Waals surface area contributed by atoms with Crippen LogP contribution < -0.4 is 10.6 Å². The largest absolute Gasteiger partial charge is 0.357 e. The van der Waals surface area contributed by atoms with Crippen molar-refractivity contribution in [2.45, 2.75) is 44.8 Å². The number of amides is 1. The summed E-state index contributed by atoms with van der Waals surface area (Å²) in [6.45, 7) is 13.8. The SMILES string of the molecule is CCNC(=NCC(C)(C)SC)NCCN1CCN(C(=O)C2CCC2)CC1. The van der Waals surface area contributed by atoms with E-state index >= 15 is 0 Å². The van der Waals surface area contributed by atoms with Crippen molar-refractivity contribution < 1.29 is 4.79 Å². The van der Waals surface area contributed by atoms with Crippen molar-refractivity contribution in [3.8, 4) is 0 Å². The van der Waals surface area contributed by atoms with Crippen molar-refractivity contribution in [1.29, 1.82) is 0 Å². The minimum Gasteiger partial charge on any atom is -0.357 e. The highest BCUT2D eigenvalue weighted by Crippen LogP contribution is 2.28. The van der Waals surface area contributed by atoms with Crippen molar-refractivity contribution in [2.75, 3.05) is 58.6 Å². The van der Waals surface area contributed by atoms with Crippen LogP contribution in [0.2, 0.25) is 0 Å². The van der Waals surface area contributed by atoms with Gasteiger partial charge in [0.2, 0.25) is 5.91 Å². The Morgan fingerprint density at radius 3 is 2.42 bits per heavy atom. The summed E-state index contributed by atoms with van der Waals surface area (Å²) in [5, 5.41) is 6.77. The fourth-order valence-electron chi connectivity index (χ4n) is 3.11. The van der Waals surface area contributed by atoms with Crippen LogP contribution in [0.4, 0.5) is 0 Å². The Bertz CT molecular complexity index is 471. The second-order valence-corrected chi connectivity index (χ2v) is 9.39. The number of nitrogens with one attached hydrogen (secondary N) is 2. The number of thioether (sulfide) groups is 1. The number of hydrogen-bond acceptors (Lipinski definition) is 4. The molecule has 0 aromatic carbocycles. The first kappa shape index (κ1) is 21.4. The van der Waals surface area contributed by atoms with Crippen molar-refractivity contribution in [1.82, 2.24) is 20.4 Å². The maximum Gasteiger partial charge on any atom is 0.225 e. The molecule has 0 aromatic rings. The summed E-state index contributed by atoms with van der Waals surface area (Å²) in [5.74, 6) is 1.62. The van der Waals surface area contributed by atoms with E-state index < -0.39 is 0 Å². The predicted octanol–water partition coefficient (Wildman–Crippen LogP) is 1.63. The van der Waals surface area contributed by atoms with Crippen LogP contribution in [0.3, 0.4) is 0 Å². The Balaban J connectivity index is 1.67. The van der Waals surface area contributed by atoms with Gasteiger partial charge in [0.1, 0.15) is 0 Å². The summed E-state index contributed by atoms with van der Waals surface area (Å²) < 4.78 is 0.158. The first-order chi connectivity index (χ1) is 12.4. The molecule has 0 aromatic heterocycles. The van der Waals surface area contributed by atoms with Crippen LogP contribution >= 0.6 is 11.8 Å². The monoisotopic (exact) mass is 383 g/mol. The number of carbonyl (C=O) groups excluding carboxylic acids is 1. The molecule has 1 saturated carbocycles. The van der Waals surface area contributed by atoms with Crippen molar-refractivity contribution in [3.05, 3.63) is 0 Å². The number of carbonyl (C=O) groups is 1. The minimum atomic E-state index is 0.158. The van der Waals surface area contributed by atoms with E-state index in [4.69, 9.17) is 4.99 Å². The van der Waals surface area contributed by atoms with Gasteiger partial charge in [0.05, 0.1) is 6.54 Å². The fourth-order valence-corrected chi connectivity index (χ4v) is 3.31. The Hall–Kier alpha value is -0.950. The van der Waals surface area contributed by atoms with Crippen molar-refractivity contribution in [2.24, 2.45) is 10.9 Å². The van der Waals surface area contributed by atoms with Crippen LogP contribution in [-0.4, -0.2) is 85.0 Å². The lowest BCUT2D eigenvalue weighted by atomic mass is 9.84. The van der Waals surface area contributed by atoms with Crippen LogP contribution in [0, 0.1) is 5.92 Å². The predicted molar refractivity (Wildman–Crippen MR) is 112 cm³/mol. The highest BCUT2D eigenvalue weighted by molar-refractivity contribution is 7.99. The van der Waals surface area contributed by atoms with E-state index in [9.17, 15) is 4.79 Å². The van der Waals surface area contributed by atoms with E-state index in [0.717, 1.165) is 71.2 Å². The van der Waals surface area contributed by atoms with Gasteiger partial charge in [-0.1, -0.05) is 6.42 Å². The molecule has 1 aliphatic carbocycles. The van der Waals surface area contributed by atoms with Gasteiger partial charge >= 0.3 is 0 Å². The molecule has 6 nitrogen and oxygen atoms in total. The normalized spacial score (nSPS) is 20.0. The van der Waals surface area contributed by atoms with E-state index in [0.29, 0.717) is 11.8 Å². The average Bonchev–Trinajstić information content (AvgIpc) is 2.59. The first-order valence-corrected chi connectivity index (χ1v) is 11.3.